The largest absolute Gasteiger partial charge is 0.254 e. The van der Waals surface area contributed by atoms with Gasteiger partial charge in [0.15, 0.2) is 0 Å². The molecule has 0 aliphatic rings. The SMILES string of the molecule is Clc1cc(-c2ccc3ccccc3c2)c2ccc3c(-c4ccc5ccccc5c4)ccnc3c2n1. The smallest absolute Gasteiger partial charge is 0.130 e. The van der Waals surface area contributed by atoms with Crippen LogP contribution in [0.15, 0.2) is 115 Å². The molecule has 0 saturated heterocycles. The van der Waals surface area contributed by atoms with E-state index in [-0.39, 0.29) is 0 Å². The lowest BCUT2D eigenvalue weighted by atomic mass is 9.95. The van der Waals surface area contributed by atoms with Crippen molar-refractivity contribution in [2.45, 2.75) is 0 Å². The third-order valence-corrected chi connectivity index (χ3v) is 6.97. The molecular weight excluding hydrogens is 448 g/mol. The Bertz CT molecular complexity index is 1920. The quantitative estimate of drug-likeness (QED) is 0.187. The molecule has 0 aliphatic carbocycles. The first kappa shape index (κ1) is 20.1. The van der Waals surface area contributed by atoms with Gasteiger partial charge in [-0.1, -0.05) is 96.5 Å². The Morgan fingerprint density at radius 2 is 1.06 bits per heavy atom. The first-order chi connectivity index (χ1) is 17.2. The van der Waals surface area contributed by atoms with Crippen LogP contribution in [0.4, 0.5) is 0 Å². The summed E-state index contributed by atoms with van der Waals surface area (Å²) in [5.41, 5.74) is 6.15. The molecule has 0 amide bonds. The Morgan fingerprint density at radius 1 is 0.486 bits per heavy atom. The minimum atomic E-state index is 0.464. The maximum atomic E-state index is 6.58. The van der Waals surface area contributed by atoms with E-state index in [0.717, 1.165) is 44.1 Å². The summed E-state index contributed by atoms with van der Waals surface area (Å²) < 4.78 is 0. The van der Waals surface area contributed by atoms with Gasteiger partial charge in [0.25, 0.3) is 0 Å². The van der Waals surface area contributed by atoms with Crippen molar-refractivity contribution in [1.29, 1.82) is 0 Å². The van der Waals surface area contributed by atoms with Crippen LogP contribution in [0.25, 0.3) is 65.6 Å². The van der Waals surface area contributed by atoms with E-state index in [1.165, 1.54) is 21.5 Å². The number of rotatable bonds is 2. The van der Waals surface area contributed by atoms with E-state index in [2.05, 4.69) is 103 Å². The number of hydrogen-bond acceptors (Lipinski definition) is 2. The van der Waals surface area contributed by atoms with Crippen LogP contribution in [0.1, 0.15) is 0 Å². The van der Waals surface area contributed by atoms with Gasteiger partial charge in [0, 0.05) is 17.0 Å². The van der Waals surface area contributed by atoms with Crippen molar-refractivity contribution in [3.05, 3.63) is 121 Å². The molecule has 0 atom stereocenters. The molecule has 0 spiro atoms. The van der Waals surface area contributed by atoms with Gasteiger partial charge >= 0.3 is 0 Å². The molecule has 164 valence electrons. The van der Waals surface area contributed by atoms with Crippen LogP contribution in [0.3, 0.4) is 0 Å². The topological polar surface area (TPSA) is 25.8 Å². The maximum Gasteiger partial charge on any atom is 0.130 e. The fraction of sp³-hybridized carbons (Fsp3) is 0. The highest BCUT2D eigenvalue weighted by molar-refractivity contribution is 6.31. The molecule has 2 heterocycles. The molecule has 5 aromatic carbocycles. The zero-order valence-corrected chi connectivity index (χ0v) is 19.5. The molecule has 0 radical (unpaired) electrons. The predicted molar refractivity (Wildman–Crippen MR) is 148 cm³/mol. The first-order valence-electron chi connectivity index (χ1n) is 11.6. The molecule has 7 rings (SSSR count). The fourth-order valence-corrected chi connectivity index (χ4v) is 5.27. The average molecular weight is 467 g/mol. The summed E-state index contributed by atoms with van der Waals surface area (Å²) in [4.78, 5) is 9.50. The molecule has 0 aliphatic heterocycles. The minimum Gasteiger partial charge on any atom is -0.254 e. The van der Waals surface area contributed by atoms with Gasteiger partial charge in [-0.15, -0.1) is 0 Å². The molecule has 0 fully saturated rings. The zero-order chi connectivity index (χ0) is 23.4. The van der Waals surface area contributed by atoms with Crippen molar-refractivity contribution in [3.63, 3.8) is 0 Å². The van der Waals surface area contributed by atoms with E-state index in [1.807, 2.05) is 12.3 Å². The van der Waals surface area contributed by atoms with E-state index in [1.54, 1.807) is 0 Å². The molecule has 0 saturated carbocycles. The Balaban J connectivity index is 1.47. The molecular formula is C32H19ClN2. The lowest BCUT2D eigenvalue weighted by molar-refractivity contribution is 1.37. The van der Waals surface area contributed by atoms with E-state index in [9.17, 15) is 0 Å². The van der Waals surface area contributed by atoms with Gasteiger partial charge in [0.05, 0.1) is 11.0 Å². The van der Waals surface area contributed by atoms with Crippen LogP contribution in [0, 0.1) is 0 Å². The van der Waals surface area contributed by atoms with Gasteiger partial charge in [-0.3, -0.25) is 4.98 Å². The normalized spacial score (nSPS) is 11.6. The highest BCUT2D eigenvalue weighted by atomic mass is 35.5. The molecule has 0 N–H and O–H groups in total. The van der Waals surface area contributed by atoms with Gasteiger partial charge in [0.2, 0.25) is 0 Å². The second-order valence-corrected chi connectivity index (χ2v) is 9.22. The zero-order valence-electron chi connectivity index (χ0n) is 18.7. The van der Waals surface area contributed by atoms with Crippen LogP contribution in [-0.4, -0.2) is 9.97 Å². The summed E-state index contributed by atoms with van der Waals surface area (Å²) in [5, 5.41) is 7.43. The van der Waals surface area contributed by atoms with Gasteiger partial charge in [-0.25, -0.2) is 4.98 Å². The lowest BCUT2D eigenvalue weighted by Gasteiger charge is -2.13. The highest BCUT2D eigenvalue weighted by Gasteiger charge is 2.14. The fourth-order valence-electron chi connectivity index (χ4n) is 5.07. The highest BCUT2D eigenvalue weighted by Crippen LogP contribution is 2.37. The van der Waals surface area contributed by atoms with Gasteiger partial charge in [-0.2, -0.15) is 0 Å². The van der Waals surface area contributed by atoms with Crippen LogP contribution in [-0.2, 0) is 0 Å². The standard InChI is InChI=1S/C32H19ClN2/c33-30-19-29(25-12-10-21-6-2-4-8-23(21)18-25)28-14-13-27-26(15-16-34-31(27)32(28)35-30)24-11-9-20-5-1-3-7-22(20)17-24/h1-19H. The number of fused-ring (bicyclic) bond motifs is 5. The number of aromatic nitrogens is 2. The first-order valence-corrected chi connectivity index (χ1v) is 12.0. The number of pyridine rings is 2. The van der Waals surface area contributed by atoms with E-state index >= 15 is 0 Å². The number of halogens is 1. The Kier molecular flexibility index (Phi) is 4.54. The van der Waals surface area contributed by atoms with Crippen molar-refractivity contribution < 1.29 is 0 Å². The summed E-state index contributed by atoms with van der Waals surface area (Å²) in [6.45, 7) is 0. The van der Waals surface area contributed by atoms with E-state index in [0.29, 0.717) is 5.15 Å². The van der Waals surface area contributed by atoms with Crippen LogP contribution in [0.2, 0.25) is 5.15 Å². The van der Waals surface area contributed by atoms with Crippen LogP contribution >= 0.6 is 11.6 Å². The number of nitrogens with zero attached hydrogens (tertiary/aromatic N) is 2. The van der Waals surface area contributed by atoms with Crippen molar-refractivity contribution in [1.82, 2.24) is 9.97 Å². The van der Waals surface area contributed by atoms with E-state index in [4.69, 9.17) is 21.6 Å². The summed E-state index contributed by atoms with van der Waals surface area (Å²) >= 11 is 6.58. The summed E-state index contributed by atoms with van der Waals surface area (Å²) in [6.07, 6.45) is 1.87. The molecule has 35 heavy (non-hydrogen) atoms. The average Bonchev–Trinajstić information content (AvgIpc) is 2.91. The molecule has 2 aromatic heterocycles. The van der Waals surface area contributed by atoms with Gasteiger partial charge in [-0.05, 0) is 68.1 Å². The minimum absolute atomic E-state index is 0.464. The van der Waals surface area contributed by atoms with Gasteiger partial charge < -0.3 is 0 Å². The predicted octanol–water partition coefficient (Wildman–Crippen LogP) is 9.08. The third kappa shape index (κ3) is 3.34. The van der Waals surface area contributed by atoms with Crippen molar-refractivity contribution >= 4 is 55.0 Å². The molecule has 3 heteroatoms. The van der Waals surface area contributed by atoms with Gasteiger partial charge in [0.1, 0.15) is 5.15 Å². The number of benzene rings is 5. The Labute approximate surface area is 207 Å². The third-order valence-electron chi connectivity index (χ3n) is 6.78. The lowest BCUT2D eigenvalue weighted by Crippen LogP contribution is -1.91. The Hall–Kier alpha value is -4.27. The van der Waals surface area contributed by atoms with E-state index < -0.39 is 0 Å². The molecule has 7 aromatic rings. The van der Waals surface area contributed by atoms with Crippen LogP contribution < -0.4 is 0 Å². The van der Waals surface area contributed by atoms with Crippen molar-refractivity contribution in [3.8, 4) is 22.3 Å². The summed E-state index contributed by atoms with van der Waals surface area (Å²) in [6, 6.07) is 38.3. The van der Waals surface area contributed by atoms with Crippen molar-refractivity contribution in [2.24, 2.45) is 0 Å². The Morgan fingerprint density at radius 3 is 1.71 bits per heavy atom. The second kappa shape index (κ2) is 7.90. The maximum absolute atomic E-state index is 6.58. The van der Waals surface area contributed by atoms with Crippen molar-refractivity contribution in [2.75, 3.05) is 0 Å². The molecule has 2 nitrogen and oxygen atoms in total. The summed E-state index contributed by atoms with van der Waals surface area (Å²) in [5.74, 6) is 0. The number of hydrogen-bond donors (Lipinski definition) is 0. The molecule has 0 bridgehead atoms. The summed E-state index contributed by atoms with van der Waals surface area (Å²) in [7, 11) is 0. The molecule has 0 unspecified atom stereocenters. The monoisotopic (exact) mass is 466 g/mol. The second-order valence-electron chi connectivity index (χ2n) is 8.83. The van der Waals surface area contributed by atoms with Crippen LogP contribution in [0.5, 0.6) is 0 Å².